The lowest BCUT2D eigenvalue weighted by Gasteiger charge is -2.04. The van der Waals surface area contributed by atoms with Crippen molar-refractivity contribution in [2.45, 2.75) is 6.92 Å². The van der Waals surface area contributed by atoms with Gasteiger partial charge in [-0.05, 0) is 37.3 Å². The van der Waals surface area contributed by atoms with Crippen LogP contribution in [0.3, 0.4) is 0 Å². The highest BCUT2D eigenvalue weighted by Gasteiger charge is 2.16. The number of carboxylic acid groups (broad SMARTS) is 1. The van der Waals surface area contributed by atoms with Crippen molar-refractivity contribution in [2.75, 3.05) is 5.32 Å². The number of H-pyrrole nitrogens is 1. The van der Waals surface area contributed by atoms with Crippen molar-refractivity contribution >= 4 is 17.6 Å². The Morgan fingerprint density at radius 2 is 1.84 bits per heavy atom. The van der Waals surface area contributed by atoms with Gasteiger partial charge in [-0.1, -0.05) is 0 Å². The van der Waals surface area contributed by atoms with Crippen molar-refractivity contribution in [1.29, 1.82) is 0 Å². The van der Waals surface area contributed by atoms with Gasteiger partial charge in [-0.3, -0.25) is 4.79 Å². The number of aromatic amines is 1. The Morgan fingerprint density at radius 1 is 1.21 bits per heavy atom. The summed E-state index contributed by atoms with van der Waals surface area (Å²) in [7, 11) is 0. The maximum atomic E-state index is 11.9. The van der Waals surface area contributed by atoms with Gasteiger partial charge in [0.25, 0.3) is 5.91 Å². The number of carbonyl (C=O) groups is 2. The minimum Gasteiger partial charge on any atom is -0.508 e. The summed E-state index contributed by atoms with van der Waals surface area (Å²) in [5.74, 6) is -1.53. The molecule has 0 bridgehead atoms. The number of aromatic nitrogens is 1. The van der Waals surface area contributed by atoms with Crippen LogP contribution in [0, 0.1) is 6.92 Å². The van der Waals surface area contributed by atoms with Gasteiger partial charge in [-0.25, -0.2) is 4.79 Å². The van der Waals surface area contributed by atoms with Crippen LogP contribution in [0.25, 0.3) is 0 Å². The fourth-order valence-corrected chi connectivity index (χ4v) is 1.66. The zero-order valence-corrected chi connectivity index (χ0v) is 10.1. The zero-order chi connectivity index (χ0) is 14.0. The molecular weight excluding hydrogens is 248 g/mol. The molecule has 1 aromatic heterocycles. The maximum Gasteiger partial charge on any atom is 0.354 e. The molecule has 19 heavy (non-hydrogen) atoms. The Kier molecular flexibility index (Phi) is 3.24. The highest BCUT2D eigenvalue weighted by molar-refractivity contribution is 6.07. The van der Waals surface area contributed by atoms with Gasteiger partial charge in [-0.2, -0.15) is 0 Å². The first-order valence-corrected chi connectivity index (χ1v) is 5.50. The van der Waals surface area contributed by atoms with E-state index < -0.39 is 11.9 Å². The standard InChI is InChI=1S/C13H12N2O4/c1-7-6-10(11(14-7)13(18)19)15-12(17)8-2-4-9(16)5-3-8/h2-6,14,16H,1H3,(H,15,17)(H,18,19). The van der Waals surface area contributed by atoms with E-state index in [-0.39, 0.29) is 17.1 Å². The summed E-state index contributed by atoms with van der Waals surface area (Å²) in [5, 5.41) is 20.6. The molecule has 0 unspecified atom stereocenters. The number of benzene rings is 1. The molecule has 6 nitrogen and oxygen atoms in total. The van der Waals surface area contributed by atoms with Crippen LogP contribution in [0.5, 0.6) is 5.75 Å². The molecule has 0 saturated carbocycles. The highest BCUT2D eigenvalue weighted by Crippen LogP contribution is 2.18. The van der Waals surface area contributed by atoms with Gasteiger partial charge < -0.3 is 20.5 Å². The second kappa shape index (κ2) is 4.85. The number of rotatable bonds is 3. The lowest BCUT2D eigenvalue weighted by atomic mass is 10.2. The molecule has 0 aliphatic rings. The second-order valence-electron chi connectivity index (χ2n) is 4.05. The molecule has 1 aromatic carbocycles. The summed E-state index contributed by atoms with van der Waals surface area (Å²) in [4.78, 5) is 25.5. The molecule has 6 heteroatoms. The Morgan fingerprint density at radius 3 is 2.42 bits per heavy atom. The van der Waals surface area contributed by atoms with Gasteiger partial charge >= 0.3 is 5.97 Å². The minimum atomic E-state index is -1.14. The van der Waals surface area contributed by atoms with E-state index in [1.54, 1.807) is 13.0 Å². The molecule has 4 N–H and O–H groups in total. The predicted molar refractivity (Wildman–Crippen MR) is 68.5 cm³/mol. The van der Waals surface area contributed by atoms with E-state index in [1.165, 1.54) is 24.3 Å². The molecule has 0 spiro atoms. The number of phenols is 1. The number of hydrogen-bond acceptors (Lipinski definition) is 3. The van der Waals surface area contributed by atoms with Crippen LogP contribution in [0.15, 0.2) is 30.3 Å². The van der Waals surface area contributed by atoms with E-state index in [1.807, 2.05) is 0 Å². The molecule has 1 heterocycles. The van der Waals surface area contributed by atoms with E-state index in [0.29, 0.717) is 11.3 Å². The number of anilines is 1. The number of hydrogen-bond donors (Lipinski definition) is 4. The molecular formula is C13H12N2O4. The van der Waals surface area contributed by atoms with Crippen LogP contribution >= 0.6 is 0 Å². The minimum absolute atomic E-state index is 0.0558. The topological polar surface area (TPSA) is 102 Å². The molecule has 2 rings (SSSR count). The van der Waals surface area contributed by atoms with Crippen molar-refractivity contribution in [3.05, 3.63) is 47.3 Å². The van der Waals surface area contributed by atoms with E-state index >= 15 is 0 Å². The SMILES string of the molecule is Cc1cc(NC(=O)c2ccc(O)cc2)c(C(=O)O)[nH]1. The average Bonchev–Trinajstić information content (AvgIpc) is 2.71. The highest BCUT2D eigenvalue weighted by atomic mass is 16.4. The molecule has 0 atom stereocenters. The summed E-state index contributed by atoms with van der Waals surface area (Å²) in [5.41, 5.74) is 1.11. The lowest BCUT2D eigenvalue weighted by molar-refractivity contribution is 0.0692. The fraction of sp³-hybridized carbons (Fsp3) is 0.0769. The smallest absolute Gasteiger partial charge is 0.354 e. The monoisotopic (exact) mass is 260 g/mol. The Labute approximate surface area is 108 Å². The zero-order valence-electron chi connectivity index (χ0n) is 10.1. The lowest BCUT2D eigenvalue weighted by Crippen LogP contribution is -2.13. The molecule has 0 fully saturated rings. The molecule has 1 amide bonds. The molecule has 0 aliphatic heterocycles. The number of aromatic carboxylic acids is 1. The van der Waals surface area contributed by atoms with Crippen LogP contribution in [-0.4, -0.2) is 27.1 Å². The number of aromatic hydroxyl groups is 1. The number of nitrogens with one attached hydrogen (secondary N) is 2. The molecule has 98 valence electrons. The average molecular weight is 260 g/mol. The van der Waals surface area contributed by atoms with Crippen LogP contribution < -0.4 is 5.32 Å². The molecule has 0 saturated heterocycles. The third-order valence-corrected chi connectivity index (χ3v) is 2.54. The largest absolute Gasteiger partial charge is 0.508 e. The Balaban J connectivity index is 2.24. The summed E-state index contributed by atoms with van der Waals surface area (Å²) in [6, 6.07) is 7.21. The van der Waals surface area contributed by atoms with Crippen molar-refractivity contribution in [3.8, 4) is 5.75 Å². The molecule has 0 aliphatic carbocycles. The third-order valence-electron chi connectivity index (χ3n) is 2.54. The summed E-state index contributed by atoms with van der Waals surface area (Å²) in [6.07, 6.45) is 0. The van der Waals surface area contributed by atoms with Crippen LogP contribution in [0.2, 0.25) is 0 Å². The van der Waals surface area contributed by atoms with Gasteiger partial charge in [0.2, 0.25) is 0 Å². The normalized spacial score (nSPS) is 10.2. The van der Waals surface area contributed by atoms with E-state index in [0.717, 1.165) is 0 Å². The second-order valence-corrected chi connectivity index (χ2v) is 4.05. The number of carboxylic acids is 1. The Hall–Kier alpha value is -2.76. The van der Waals surface area contributed by atoms with Gasteiger partial charge in [-0.15, -0.1) is 0 Å². The van der Waals surface area contributed by atoms with E-state index in [4.69, 9.17) is 10.2 Å². The summed E-state index contributed by atoms with van der Waals surface area (Å²) in [6.45, 7) is 1.70. The van der Waals surface area contributed by atoms with Gasteiger partial charge in [0, 0.05) is 11.3 Å². The maximum absolute atomic E-state index is 11.9. The van der Waals surface area contributed by atoms with Crippen LogP contribution in [-0.2, 0) is 0 Å². The number of phenolic OH excluding ortho intramolecular Hbond substituents is 1. The van der Waals surface area contributed by atoms with E-state index in [9.17, 15) is 9.59 Å². The quantitative estimate of drug-likeness (QED) is 0.677. The predicted octanol–water partition coefficient (Wildman–Crippen LogP) is 1.98. The first kappa shape index (κ1) is 12.7. The van der Waals surface area contributed by atoms with Crippen LogP contribution in [0.4, 0.5) is 5.69 Å². The number of carbonyl (C=O) groups excluding carboxylic acids is 1. The summed E-state index contributed by atoms with van der Waals surface area (Å²) >= 11 is 0. The van der Waals surface area contributed by atoms with Gasteiger partial charge in [0.1, 0.15) is 11.4 Å². The van der Waals surface area contributed by atoms with Crippen molar-refractivity contribution in [1.82, 2.24) is 4.98 Å². The van der Waals surface area contributed by atoms with Crippen molar-refractivity contribution < 1.29 is 19.8 Å². The van der Waals surface area contributed by atoms with E-state index in [2.05, 4.69) is 10.3 Å². The van der Waals surface area contributed by atoms with Gasteiger partial charge in [0.05, 0.1) is 5.69 Å². The third kappa shape index (κ3) is 2.74. The number of aryl methyl sites for hydroxylation is 1. The first-order chi connectivity index (χ1) is 8.97. The van der Waals surface area contributed by atoms with Crippen molar-refractivity contribution in [2.24, 2.45) is 0 Å². The number of amides is 1. The first-order valence-electron chi connectivity index (χ1n) is 5.50. The van der Waals surface area contributed by atoms with Crippen LogP contribution in [0.1, 0.15) is 26.5 Å². The van der Waals surface area contributed by atoms with Gasteiger partial charge in [0.15, 0.2) is 0 Å². The van der Waals surface area contributed by atoms with Crippen molar-refractivity contribution in [3.63, 3.8) is 0 Å². The summed E-state index contributed by atoms with van der Waals surface area (Å²) < 4.78 is 0. The molecule has 2 aromatic rings. The molecule has 0 radical (unpaired) electrons. The Bertz CT molecular complexity index is 629. The fourth-order valence-electron chi connectivity index (χ4n) is 1.66.